The molecule has 0 aromatic heterocycles. The quantitative estimate of drug-likeness (QED) is 0.897. The number of benzene rings is 2. The Morgan fingerprint density at radius 1 is 1.04 bits per heavy atom. The molecule has 2 rings (SSSR count). The van der Waals surface area contributed by atoms with Crippen LogP contribution < -0.4 is 14.8 Å². The van der Waals surface area contributed by atoms with Gasteiger partial charge in [-0.05, 0) is 36.8 Å². The molecule has 0 heterocycles. The lowest BCUT2D eigenvalue weighted by atomic mass is 10.1. The third-order valence-corrected chi connectivity index (χ3v) is 4.65. The molecule has 1 amide bonds. The van der Waals surface area contributed by atoms with Gasteiger partial charge in [-0.2, -0.15) is 0 Å². The van der Waals surface area contributed by atoms with Crippen molar-refractivity contribution in [3.63, 3.8) is 0 Å². The first-order chi connectivity index (χ1) is 11.3. The van der Waals surface area contributed by atoms with Gasteiger partial charge in [-0.3, -0.25) is 4.79 Å². The molecule has 0 aliphatic heterocycles. The number of amides is 1. The molecule has 128 valence electrons. The number of rotatable bonds is 5. The molecule has 7 heteroatoms. The summed E-state index contributed by atoms with van der Waals surface area (Å²) >= 11 is 0. The Kier molecular flexibility index (Phi) is 5.14. The first kappa shape index (κ1) is 17.8. The van der Waals surface area contributed by atoms with Crippen LogP contribution in [0, 0.1) is 6.92 Å². The van der Waals surface area contributed by atoms with Gasteiger partial charge in [-0.1, -0.05) is 6.07 Å². The number of sulfone groups is 1. The van der Waals surface area contributed by atoms with Gasteiger partial charge in [0.25, 0.3) is 5.91 Å². The molecule has 0 saturated heterocycles. The second-order valence-electron chi connectivity index (χ2n) is 5.27. The lowest BCUT2D eigenvalue weighted by molar-refractivity contribution is 0.102. The van der Waals surface area contributed by atoms with Crippen LogP contribution in [-0.4, -0.2) is 34.8 Å². The van der Waals surface area contributed by atoms with E-state index in [1.54, 1.807) is 31.2 Å². The predicted octanol–water partition coefficient (Wildman–Crippen LogP) is 2.67. The van der Waals surface area contributed by atoms with Crippen molar-refractivity contribution >= 4 is 21.4 Å². The van der Waals surface area contributed by atoms with Crippen molar-refractivity contribution < 1.29 is 22.7 Å². The highest BCUT2D eigenvalue weighted by Crippen LogP contribution is 2.29. The Hall–Kier alpha value is -2.54. The van der Waals surface area contributed by atoms with Gasteiger partial charge in [0.2, 0.25) is 0 Å². The molecule has 2 aromatic rings. The van der Waals surface area contributed by atoms with Gasteiger partial charge in [0.05, 0.1) is 24.8 Å². The molecule has 0 bridgehead atoms. The van der Waals surface area contributed by atoms with E-state index in [9.17, 15) is 13.2 Å². The molecule has 0 radical (unpaired) electrons. The fourth-order valence-corrected chi connectivity index (χ4v) is 2.82. The number of carbonyl (C=O) groups excluding carboxylic acids is 1. The molecule has 0 aliphatic rings. The zero-order valence-corrected chi connectivity index (χ0v) is 14.7. The maximum Gasteiger partial charge on any atom is 0.256 e. The van der Waals surface area contributed by atoms with E-state index in [-0.39, 0.29) is 10.5 Å². The average molecular weight is 349 g/mol. The minimum atomic E-state index is -3.40. The molecule has 0 spiro atoms. The van der Waals surface area contributed by atoms with Crippen LogP contribution in [-0.2, 0) is 9.84 Å². The van der Waals surface area contributed by atoms with E-state index in [0.29, 0.717) is 22.7 Å². The maximum atomic E-state index is 12.6. The third kappa shape index (κ3) is 3.86. The van der Waals surface area contributed by atoms with Crippen LogP contribution in [0.15, 0.2) is 41.3 Å². The van der Waals surface area contributed by atoms with E-state index in [1.165, 1.54) is 26.4 Å². The number of aryl methyl sites for hydroxylation is 1. The molecule has 6 nitrogen and oxygen atoms in total. The maximum absolute atomic E-state index is 12.6. The van der Waals surface area contributed by atoms with Crippen molar-refractivity contribution in [1.82, 2.24) is 0 Å². The molecule has 24 heavy (non-hydrogen) atoms. The molecule has 0 aliphatic carbocycles. The minimum absolute atomic E-state index is 0.0934. The van der Waals surface area contributed by atoms with Crippen molar-refractivity contribution in [3.05, 3.63) is 47.5 Å². The number of methoxy groups -OCH3 is 2. The molecule has 2 aromatic carbocycles. The van der Waals surface area contributed by atoms with E-state index < -0.39 is 15.7 Å². The topological polar surface area (TPSA) is 81.7 Å². The summed E-state index contributed by atoms with van der Waals surface area (Å²) in [6.45, 7) is 1.74. The van der Waals surface area contributed by atoms with Gasteiger partial charge >= 0.3 is 0 Å². The van der Waals surface area contributed by atoms with Crippen molar-refractivity contribution in [3.8, 4) is 11.5 Å². The van der Waals surface area contributed by atoms with Gasteiger partial charge in [-0.25, -0.2) is 8.42 Å². The summed E-state index contributed by atoms with van der Waals surface area (Å²) in [4.78, 5) is 12.7. The summed E-state index contributed by atoms with van der Waals surface area (Å²) < 4.78 is 33.8. The molecule has 0 fully saturated rings. The fraction of sp³-hybridized carbons (Fsp3) is 0.235. The van der Waals surface area contributed by atoms with E-state index in [2.05, 4.69) is 5.32 Å². The van der Waals surface area contributed by atoms with Crippen molar-refractivity contribution in [1.29, 1.82) is 0 Å². The molecule has 0 atom stereocenters. The van der Waals surface area contributed by atoms with Crippen molar-refractivity contribution in [2.75, 3.05) is 25.8 Å². The van der Waals surface area contributed by atoms with Crippen molar-refractivity contribution in [2.45, 2.75) is 11.8 Å². The van der Waals surface area contributed by atoms with E-state index in [4.69, 9.17) is 9.47 Å². The number of hydrogen-bond donors (Lipinski definition) is 1. The summed E-state index contributed by atoms with van der Waals surface area (Å²) in [5, 5.41) is 2.73. The van der Waals surface area contributed by atoms with E-state index >= 15 is 0 Å². The molecule has 1 N–H and O–H groups in total. The molecule has 0 unspecified atom stereocenters. The van der Waals surface area contributed by atoms with Crippen LogP contribution in [0.1, 0.15) is 15.9 Å². The lowest BCUT2D eigenvalue weighted by Crippen LogP contribution is -2.15. The average Bonchev–Trinajstić information content (AvgIpc) is 2.53. The summed E-state index contributed by atoms with van der Waals surface area (Å²) in [6.07, 6.45) is 1.10. The first-order valence-electron chi connectivity index (χ1n) is 7.10. The number of hydrogen-bond acceptors (Lipinski definition) is 5. The number of carbonyl (C=O) groups is 1. The molecular weight excluding hydrogens is 330 g/mol. The SMILES string of the molecule is COc1ccc(OC)c(NC(=O)c2cc(S(C)(=O)=O)ccc2C)c1. The van der Waals surface area contributed by atoms with Crippen LogP contribution in [0.5, 0.6) is 11.5 Å². The first-order valence-corrected chi connectivity index (χ1v) is 8.99. The van der Waals surface area contributed by atoms with Gasteiger partial charge < -0.3 is 14.8 Å². The van der Waals surface area contributed by atoms with Gasteiger partial charge in [0, 0.05) is 17.9 Å². The van der Waals surface area contributed by atoms with Crippen LogP contribution in [0.25, 0.3) is 0 Å². The normalized spacial score (nSPS) is 11.0. The van der Waals surface area contributed by atoms with Gasteiger partial charge in [0.1, 0.15) is 11.5 Å². The lowest BCUT2D eigenvalue weighted by Gasteiger charge is -2.13. The minimum Gasteiger partial charge on any atom is -0.497 e. The summed E-state index contributed by atoms with van der Waals surface area (Å²) in [6, 6.07) is 9.47. The van der Waals surface area contributed by atoms with Crippen molar-refractivity contribution in [2.24, 2.45) is 0 Å². The largest absolute Gasteiger partial charge is 0.497 e. The summed E-state index contributed by atoms with van der Waals surface area (Å²) in [7, 11) is -0.383. The fourth-order valence-electron chi connectivity index (χ4n) is 2.18. The number of nitrogens with one attached hydrogen (secondary N) is 1. The van der Waals surface area contributed by atoms with Gasteiger partial charge in [0.15, 0.2) is 9.84 Å². The predicted molar refractivity (Wildman–Crippen MR) is 91.8 cm³/mol. The highest BCUT2D eigenvalue weighted by atomic mass is 32.2. The second kappa shape index (κ2) is 6.92. The van der Waals surface area contributed by atoms with Gasteiger partial charge in [-0.15, -0.1) is 0 Å². The zero-order chi connectivity index (χ0) is 17.9. The monoisotopic (exact) mass is 349 g/mol. The molecular formula is C17H19NO5S. The standard InChI is InChI=1S/C17H19NO5S/c1-11-5-7-13(24(4,20)21)10-14(11)17(19)18-15-9-12(22-2)6-8-16(15)23-3/h5-10H,1-4H3,(H,18,19). The van der Waals surface area contributed by atoms with Crippen LogP contribution in [0.2, 0.25) is 0 Å². The van der Waals surface area contributed by atoms with E-state index in [0.717, 1.165) is 6.26 Å². The Bertz CT molecular complexity index is 875. The number of ether oxygens (including phenoxy) is 2. The smallest absolute Gasteiger partial charge is 0.256 e. The second-order valence-corrected chi connectivity index (χ2v) is 7.28. The highest BCUT2D eigenvalue weighted by Gasteiger charge is 2.16. The highest BCUT2D eigenvalue weighted by molar-refractivity contribution is 7.90. The Morgan fingerprint density at radius 2 is 1.75 bits per heavy atom. The zero-order valence-electron chi connectivity index (χ0n) is 13.9. The Morgan fingerprint density at radius 3 is 2.33 bits per heavy atom. The third-order valence-electron chi connectivity index (χ3n) is 3.54. The Labute approximate surface area is 141 Å². The van der Waals surface area contributed by atoms with Crippen LogP contribution in [0.3, 0.4) is 0 Å². The Balaban J connectivity index is 2.40. The number of anilines is 1. The van der Waals surface area contributed by atoms with Crippen LogP contribution in [0.4, 0.5) is 5.69 Å². The van der Waals surface area contributed by atoms with E-state index in [1.807, 2.05) is 0 Å². The molecule has 0 saturated carbocycles. The van der Waals surface area contributed by atoms with Crippen LogP contribution >= 0.6 is 0 Å². The summed E-state index contributed by atoms with van der Waals surface area (Å²) in [5.74, 6) is 0.610. The summed E-state index contributed by atoms with van der Waals surface area (Å²) in [5.41, 5.74) is 1.38.